The van der Waals surface area contributed by atoms with Crippen LogP contribution < -0.4 is 11.1 Å². The first-order valence-corrected chi connectivity index (χ1v) is 7.11. The Morgan fingerprint density at radius 3 is 2.00 bits per heavy atom. The third kappa shape index (κ3) is 3.09. The molecule has 0 aliphatic heterocycles. The number of hydrogen-bond acceptors (Lipinski definition) is 2. The van der Waals surface area contributed by atoms with Crippen molar-refractivity contribution in [3.63, 3.8) is 0 Å². The Morgan fingerprint density at radius 1 is 0.950 bits per heavy atom. The average Bonchev–Trinajstić information content (AvgIpc) is 2.49. The number of hydrogen-bond donors (Lipinski definition) is 2. The predicted octanol–water partition coefficient (Wildman–Crippen LogP) is 3.60. The highest BCUT2D eigenvalue weighted by atomic mass is 14.9. The minimum Gasteiger partial charge on any atom is -0.330 e. The fourth-order valence-electron chi connectivity index (χ4n) is 2.63. The second-order valence-corrected chi connectivity index (χ2v) is 5.90. The maximum atomic E-state index is 5.90. The smallest absolute Gasteiger partial charge is 0.0381 e. The Hall–Kier alpha value is -1.64. The molecule has 2 rings (SSSR count). The summed E-state index contributed by atoms with van der Waals surface area (Å²) in [5, 5.41) is 3.39. The molecule has 0 spiro atoms. The Bertz CT molecular complexity index is 529. The van der Waals surface area contributed by atoms with Crippen molar-refractivity contribution in [3.05, 3.63) is 60.2 Å². The molecule has 1 atom stereocenters. The van der Waals surface area contributed by atoms with Gasteiger partial charge >= 0.3 is 0 Å². The zero-order chi connectivity index (χ0) is 14.6. The molecule has 1 unspecified atom stereocenters. The van der Waals surface area contributed by atoms with Crippen molar-refractivity contribution in [1.82, 2.24) is 5.32 Å². The van der Waals surface area contributed by atoms with Crippen molar-refractivity contribution in [3.8, 4) is 11.1 Å². The molecule has 0 amide bonds. The standard InChI is InChI=1S/C18H24N2/c1-18(2,13-19)17(20-3)16-11-9-15(10-12-16)14-7-5-4-6-8-14/h4-12,17,20H,13,19H2,1-3H3. The molecule has 2 nitrogen and oxygen atoms in total. The lowest BCUT2D eigenvalue weighted by Gasteiger charge is -2.33. The van der Waals surface area contributed by atoms with E-state index >= 15 is 0 Å². The van der Waals surface area contributed by atoms with Gasteiger partial charge < -0.3 is 11.1 Å². The largest absolute Gasteiger partial charge is 0.330 e. The Balaban J connectivity index is 2.28. The second kappa shape index (κ2) is 6.21. The van der Waals surface area contributed by atoms with E-state index in [4.69, 9.17) is 5.73 Å². The van der Waals surface area contributed by atoms with Crippen LogP contribution in [0, 0.1) is 5.41 Å². The van der Waals surface area contributed by atoms with Gasteiger partial charge in [-0.15, -0.1) is 0 Å². The topological polar surface area (TPSA) is 38.0 Å². The molecule has 3 N–H and O–H groups in total. The van der Waals surface area contributed by atoms with Crippen LogP contribution >= 0.6 is 0 Å². The Morgan fingerprint density at radius 2 is 1.50 bits per heavy atom. The molecule has 0 aliphatic carbocycles. The lowest BCUT2D eigenvalue weighted by molar-refractivity contribution is 0.265. The molecular formula is C18H24N2. The van der Waals surface area contributed by atoms with E-state index < -0.39 is 0 Å². The van der Waals surface area contributed by atoms with Crippen LogP contribution in [0.4, 0.5) is 0 Å². The first-order valence-electron chi connectivity index (χ1n) is 7.11. The van der Waals surface area contributed by atoms with Crippen LogP contribution in [-0.4, -0.2) is 13.6 Å². The first kappa shape index (κ1) is 14.8. The van der Waals surface area contributed by atoms with Gasteiger partial charge in [0.25, 0.3) is 0 Å². The van der Waals surface area contributed by atoms with Crippen LogP contribution in [0.3, 0.4) is 0 Å². The third-order valence-corrected chi connectivity index (χ3v) is 3.95. The Labute approximate surface area is 122 Å². The van der Waals surface area contributed by atoms with Crippen LogP contribution in [0.5, 0.6) is 0 Å². The van der Waals surface area contributed by atoms with E-state index in [1.807, 2.05) is 13.1 Å². The van der Waals surface area contributed by atoms with Gasteiger partial charge in [0, 0.05) is 6.04 Å². The fraction of sp³-hybridized carbons (Fsp3) is 0.333. The van der Waals surface area contributed by atoms with Crippen molar-refractivity contribution in [2.75, 3.05) is 13.6 Å². The van der Waals surface area contributed by atoms with Crippen LogP contribution in [0.25, 0.3) is 11.1 Å². The quantitative estimate of drug-likeness (QED) is 0.869. The van der Waals surface area contributed by atoms with Crippen LogP contribution in [0.15, 0.2) is 54.6 Å². The van der Waals surface area contributed by atoms with Crippen molar-refractivity contribution in [2.45, 2.75) is 19.9 Å². The van der Waals surface area contributed by atoms with Gasteiger partial charge in [0.2, 0.25) is 0 Å². The highest BCUT2D eigenvalue weighted by Gasteiger charge is 2.28. The first-order chi connectivity index (χ1) is 9.58. The van der Waals surface area contributed by atoms with E-state index in [1.54, 1.807) is 0 Å². The molecule has 2 heteroatoms. The van der Waals surface area contributed by atoms with Crippen molar-refractivity contribution in [1.29, 1.82) is 0 Å². The lowest BCUT2D eigenvalue weighted by Crippen LogP contribution is -2.37. The molecule has 0 radical (unpaired) electrons. The summed E-state index contributed by atoms with van der Waals surface area (Å²) >= 11 is 0. The maximum absolute atomic E-state index is 5.90. The molecule has 20 heavy (non-hydrogen) atoms. The molecular weight excluding hydrogens is 244 g/mol. The minimum absolute atomic E-state index is 0.0308. The summed E-state index contributed by atoms with van der Waals surface area (Å²) in [6.45, 7) is 5.04. The zero-order valence-corrected chi connectivity index (χ0v) is 12.6. The SMILES string of the molecule is CNC(c1ccc(-c2ccccc2)cc1)C(C)(C)CN. The molecule has 106 valence electrons. The summed E-state index contributed by atoms with van der Waals surface area (Å²) < 4.78 is 0. The summed E-state index contributed by atoms with van der Waals surface area (Å²) in [5.41, 5.74) is 9.71. The minimum atomic E-state index is 0.0308. The second-order valence-electron chi connectivity index (χ2n) is 5.90. The van der Waals surface area contributed by atoms with Gasteiger partial charge in [0.05, 0.1) is 0 Å². The van der Waals surface area contributed by atoms with Gasteiger partial charge in [-0.2, -0.15) is 0 Å². The highest BCUT2D eigenvalue weighted by Crippen LogP contribution is 2.33. The van der Waals surface area contributed by atoms with Crippen LogP contribution in [0.1, 0.15) is 25.5 Å². The molecule has 0 fully saturated rings. The molecule has 2 aromatic carbocycles. The van der Waals surface area contributed by atoms with Crippen molar-refractivity contribution in [2.24, 2.45) is 11.1 Å². The number of nitrogens with two attached hydrogens (primary N) is 1. The summed E-state index contributed by atoms with van der Waals surface area (Å²) in [6, 6.07) is 19.5. The average molecular weight is 268 g/mol. The van der Waals surface area contributed by atoms with Gasteiger partial charge in [-0.3, -0.25) is 0 Å². The van der Waals surface area contributed by atoms with E-state index in [1.165, 1.54) is 16.7 Å². The monoisotopic (exact) mass is 268 g/mol. The van der Waals surface area contributed by atoms with Gasteiger partial charge in [-0.05, 0) is 35.7 Å². The van der Waals surface area contributed by atoms with E-state index in [0.717, 1.165) is 0 Å². The fourth-order valence-corrected chi connectivity index (χ4v) is 2.63. The van der Waals surface area contributed by atoms with Crippen LogP contribution in [0.2, 0.25) is 0 Å². The van der Waals surface area contributed by atoms with E-state index in [2.05, 4.69) is 67.7 Å². The molecule has 2 aromatic rings. The van der Waals surface area contributed by atoms with Gasteiger partial charge in [0.15, 0.2) is 0 Å². The van der Waals surface area contributed by atoms with E-state index in [9.17, 15) is 0 Å². The number of benzene rings is 2. The molecule has 0 aliphatic rings. The van der Waals surface area contributed by atoms with Crippen molar-refractivity contribution < 1.29 is 0 Å². The van der Waals surface area contributed by atoms with Gasteiger partial charge in [-0.25, -0.2) is 0 Å². The lowest BCUT2D eigenvalue weighted by atomic mass is 9.80. The van der Waals surface area contributed by atoms with E-state index in [-0.39, 0.29) is 11.5 Å². The summed E-state index contributed by atoms with van der Waals surface area (Å²) in [4.78, 5) is 0. The zero-order valence-electron chi connectivity index (χ0n) is 12.6. The van der Waals surface area contributed by atoms with Gasteiger partial charge in [0.1, 0.15) is 0 Å². The molecule has 0 bridgehead atoms. The normalized spacial score (nSPS) is 13.2. The summed E-state index contributed by atoms with van der Waals surface area (Å²) in [6.07, 6.45) is 0. The molecule has 0 heterocycles. The summed E-state index contributed by atoms with van der Waals surface area (Å²) in [5.74, 6) is 0. The van der Waals surface area contributed by atoms with Crippen LogP contribution in [-0.2, 0) is 0 Å². The molecule has 0 aromatic heterocycles. The number of nitrogens with one attached hydrogen (secondary N) is 1. The summed E-state index contributed by atoms with van der Waals surface area (Å²) in [7, 11) is 1.99. The maximum Gasteiger partial charge on any atom is 0.0381 e. The van der Waals surface area contributed by atoms with Crippen molar-refractivity contribution >= 4 is 0 Å². The number of rotatable bonds is 5. The third-order valence-electron chi connectivity index (χ3n) is 3.95. The van der Waals surface area contributed by atoms with Gasteiger partial charge in [-0.1, -0.05) is 68.4 Å². The molecule has 0 saturated carbocycles. The highest BCUT2D eigenvalue weighted by molar-refractivity contribution is 5.63. The Kier molecular flexibility index (Phi) is 4.58. The molecule has 0 saturated heterocycles. The predicted molar refractivity (Wildman–Crippen MR) is 86.5 cm³/mol. The van der Waals surface area contributed by atoms with E-state index in [0.29, 0.717) is 6.54 Å².